The number of halogens is 3. The first-order valence-corrected chi connectivity index (χ1v) is 6.36. The molecule has 4 rings (SSSR count). The average Bonchev–Trinajstić information content (AvgIpc) is 3.24. The quantitative estimate of drug-likeness (QED) is 0.588. The number of aromatic nitrogens is 8. The van der Waals surface area contributed by atoms with Crippen LogP contribution in [0.1, 0.15) is 5.82 Å². The molecule has 0 aromatic carbocycles. The zero-order valence-electron chi connectivity index (χ0n) is 11.2. The number of imidazole rings is 2. The molecule has 0 saturated heterocycles. The van der Waals surface area contributed by atoms with Crippen molar-refractivity contribution in [3.05, 3.63) is 36.7 Å². The van der Waals surface area contributed by atoms with Gasteiger partial charge in [0.25, 0.3) is 0 Å². The first-order chi connectivity index (χ1) is 11.0. The molecule has 4 aromatic rings. The number of fused-ring (bicyclic) bond motifs is 1. The Labute approximate surface area is 125 Å². The van der Waals surface area contributed by atoms with E-state index >= 15 is 0 Å². The van der Waals surface area contributed by atoms with E-state index < -0.39 is 12.0 Å². The number of alkyl halides is 3. The van der Waals surface area contributed by atoms with Crippen LogP contribution in [0.2, 0.25) is 0 Å². The third-order valence-electron chi connectivity index (χ3n) is 3.11. The molecule has 0 spiro atoms. The number of H-pyrrole nitrogens is 2. The van der Waals surface area contributed by atoms with Crippen molar-refractivity contribution >= 4 is 5.65 Å². The van der Waals surface area contributed by atoms with E-state index in [-0.39, 0.29) is 11.5 Å². The Bertz CT molecular complexity index is 966. The average molecular weight is 320 g/mol. The van der Waals surface area contributed by atoms with E-state index in [4.69, 9.17) is 0 Å². The highest BCUT2D eigenvalue weighted by Crippen LogP contribution is 2.31. The molecular formula is C12H7F3N8. The molecule has 4 aromatic heterocycles. The van der Waals surface area contributed by atoms with E-state index in [1.807, 2.05) is 5.10 Å². The molecule has 0 bridgehead atoms. The Morgan fingerprint density at radius 3 is 2.74 bits per heavy atom. The van der Waals surface area contributed by atoms with Crippen LogP contribution >= 0.6 is 0 Å². The van der Waals surface area contributed by atoms with Crippen molar-refractivity contribution in [2.24, 2.45) is 0 Å². The highest BCUT2D eigenvalue weighted by molar-refractivity contribution is 5.76. The summed E-state index contributed by atoms with van der Waals surface area (Å²) in [6.07, 6.45) is -0.117. The fourth-order valence-electron chi connectivity index (χ4n) is 2.17. The summed E-state index contributed by atoms with van der Waals surface area (Å²) >= 11 is 0. The minimum absolute atomic E-state index is 0.166. The van der Waals surface area contributed by atoms with Crippen LogP contribution in [0.4, 0.5) is 13.2 Å². The number of nitrogens with zero attached hydrogens (tertiary/aromatic N) is 6. The predicted molar refractivity (Wildman–Crippen MR) is 70.9 cm³/mol. The Balaban J connectivity index is 1.97. The van der Waals surface area contributed by atoms with Gasteiger partial charge in [0.2, 0.25) is 11.6 Å². The van der Waals surface area contributed by atoms with Gasteiger partial charge >= 0.3 is 6.18 Å². The summed E-state index contributed by atoms with van der Waals surface area (Å²) in [4.78, 5) is 14.6. The van der Waals surface area contributed by atoms with E-state index in [1.165, 1.54) is 23.2 Å². The molecule has 0 saturated carbocycles. The molecular weight excluding hydrogens is 313 g/mol. The third-order valence-corrected chi connectivity index (χ3v) is 3.11. The SMILES string of the molecule is FC(F)(F)c1nc(-c2nc3cccnn3c2-c2cnc[nH]2)n[nH]1. The van der Waals surface area contributed by atoms with Crippen LogP contribution in [-0.2, 0) is 6.18 Å². The highest BCUT2D eigenvalue weighted by atomic mass is 19.4. The van der Waals surface area contributed by atoms with Crippen LogP contribution in [0.15, 0.2) is 30.9 Å². The van der Waals surface area contributed by atoms with Gasteiger partial charge in [-0.1, -0.05) is 0 Å². The van der Waals surface area contributed by atoms with Gasteiger partial charge in [0, 0.05) is 6.20 Å². The summed E-state index contributed by atoms with van der Waals surface area (Å²) in [5, 5.41) is 9.66. The smallest absolute Gasteiger partial charge is 0.343 e. The number of hydrogen-bond donors (Lipinski definition) is 2. The Morgan fingerprint density at radius 1 is 1.17 bits per heavy atom. The van der Waals surface area contributed by atoms with Gasteiger partial charge in [-0.25, -0.2) is 19.5 Å². The molecule has 11 heteroatoms. The fourth-order valence-corrected chi connectivity index (χ4v) is 2.17. The van der Waals surface area contributed by atoms with Crippen molar-refractivity contribution in [3.63, 3.8) is 0 Å². The van der Waals surface area contributed by atoms with E-state index in [2.05, 4.69) is 30.1 Å². The zero-order valence-corrected chi connectivity index (χ0v) is 11.2. The van der Waals surface area contributed by atoms with Crippen LogP contribution in [0.5, 0.6) is 0 Å². The summed E-state index contributed by atoms with van der Waals surface area (Å²) in [5.41, 5.74) is 1.57. The van der Waals surface area contributed by atoms with Crippen molar-refractivity contribution in [2.45, 2.75) is 6.18 Å². The molecule has 23 heavy (non-hydrogen) atoms. The van der Waals surface area contributed by atoms with Gasteiger partial charge < -0.3 is 4.98 Å². The van der Waals surface area contributed by atoms with Crippen LogP contribution < -0.4 is 0 Å². The van der Waals surface area contributed by atoms with Crippen LogP contribution in [0.3, 0.4) is 0 Å². The fraction of sp³-hybridized carbons (Fsp3) is 0.0833. The number of hydrogen-bond acceptors (Lipinski definition) is 5. The second kappa shape index (κ2) is 4.63. The van der Waals surface area contributed by atoms with Gasteiger partial charge in [-0.15, -0.1) is 0 Å². The van der Waals surface area contributed by atoms with Gasteiger partial charge in [0.05, 0.1) is 18.2 Å². The van der Waals surface area contributed by atoms with Crippen molar-refractivity contribution in [1.29, 1.82) is 0 Å². The van der Waals surface area contributed by atoms with E-state index in [1.54, 1.807) is 12.1 Å². The van der Waals surface area contributed by atoms with Crippen molar-refractivity contribution in [2.75, 3.05) is 0 Å². The number of nitrogens with one attached hydrogen (secondary N) is 2. The van der Waals surface area contributed by atoms with Gasteiger partial charge in [-0.3, -0.25) is 5.10 Å². The van der Waals surface area contributed by atoms with Crippen molar-refractivity contribution in [1.82, 2.24) is 39.7 Å². The van der Waals surface area contributed by atoms with E-state index in [9.17, 15) is 13.2 Å². The maximum absolute atomic E-state index is 12.7. The van der Waals surface area contributed by atoms with E-state index in [0.717, 1.165) is 0 Å². The molecule has 0 aliphatic rings. The monoisotopic (exact) mass is 320 g/mol. The van der Waals surface area contributed by atoms with Gasteiger partial charge in [0.1, 0.15) is 11.4 Å². The molecule has 0 aliphatic carbocycles. The maximum Gasteiger partial charge on any atom is 0.451 e. The number of aromatic amines is 2. The lowest BCUT2D eigenvalue weighted by Crippen LogP contribution is -2.07. The minimum Gasteiger partial charge on any atom is -0.343 e. The standard InChI is InChI=1S/C12H7F3N8/c13-12(14,15)11-20-10(21-22-11)8-9(6-4-16-5-17-6)23-7(19-8)2-1-3-18-23/h1-5H,(H,16,17)(H,20,21,22). The normalized spacial score (nSPS) is 12.1. The molecule has 8 nitrogen and oxygen atoms in total. The molecule has 0 unspecified atom stereocenters. The van der Waals surface area contributed by atoms with Gasteiger partial charge in [-0.2, -0.15) is 23.4 Å². The molecule has 2 N–H and O–H groups in total. The Hall–Kier alpha value is -3.24. The molecule has 116 valence electrons. The topological polar surface area (TPSA) is 100 Å². The summed E-state index contributed by atoms with van der Waals surface area (Å²) in [6.45, 7) is 0. The first kappa shape index (κ1) is 13.4. The van der Waals surface area contributed by atoms with Crippen LogP contribution in [-0.4, -0.2) is 39.7 Å². The number of rotatable bonds is 2. The minimum atomic E-state index is -4.61. The highest BCUT2D eigenvalue weighted by Gasteiger charge is 2.36. The third kappa shape index (κ3) is 2.13. The van der Waals surface area contributed by atoms with Crippen molar-refractivity contribution < 1.29 is 13.2 Å². The first-order valence-electron chi connectivity index (χ1n) is 6.36. The second-order valence-corrected chi connectivity index (χ2v) is 4.57. The molecule has 0 radical (unpaired) electrons. The lowest BCUT2D eigenvalue weighted by atomic mass is 10.2. The lowest BCUT2D eigenvalue weighted by molar-refractivity contribution is -0.144. The summed E-state index contributed by atoms with van der Waals surface area (Å²) < 4.78 is 39.6. The molecule has 0 atom stereocenters. The van der Waals surface area contributed by atoms with E-state index in [0.29, 0.717) is 17.0 Å². The van der Waals surface area contributed by atoms with Gasteiger partial charge in [-0.05, 0) is 12.1 Å². The predicted octanol–water partition coefficient (Wildman–Crippen LogP) is 1.92. The zero-order chi connectivity index (χ0) is 16.0. The summed E-state index contributed by atoms with van der Waals surface area (Å²) in [5.74, 6) is -1.36. The lowest BCUT2D eigenvalue weighted by Gasteiger charge is -1.99. The second-order valence-electron chi connectivity index (χ2n) is 4.57. The largest absolute Gasteiger partial charge is 0.451 e. The molecule has 0 fully saturated rings. The maximum atomic E-state index is 12.7. The van der Waals surface area contributed by atoms with Gasteiger partial charge in [0.15, 0.2) is 5.65 Å². The molecule has 4 heterocycles. The Morgan fingerprint density at radius 2 is 2.04 bits per heavy atom. The van der Waals surface area contributed by atoms with Crippen molar-refractivity contribution in [3.8, 4) is 22.9 Å². The molecule has 0 amide bonds. The van der Waals surface area contributed by atoms with Crippen LogP contribution in [0, 0.1) is 0 Å². The Kier molecular flexibility index (Phi) is 2.70. The molecule has 0 aliphatic heterocycles. The summed E-state index contributed by atoms with van der Waals surface area (Å²) in [6, 6.07) is 3.34. The van der Waals surface area contributed by atoms with Crippen LogP contribution in [0.25, 0.3) is 28.6 Å². The summed E-state index contributed by atoms with van der Waals surface area (Å²) in [7, 11) is 0.